The van der Waals surface area contributed by atoms with Crippen LogP contribution in [-0.4, -0.2) is 14.2 Å². The minimum absolute atomic E-state index is 0. The second kappa shape index (κ2) is 9.86. The smallest absolute Gasteiger partial charge is 0.522 e. The van der Waals surface area contributed by atoms with Gasteiger partial charge in [0.15, 0.2) is 0 Å². The van der Waals surface area contributed by atoms with Crippen molar-refractivity contribution in [1.29, 1.82) is 0 Å². The van der Waals surface area contributed by atoms with E-state index in [4.69, 9.17) is 9.47 Å². The Labute approximate surface area is 115 Å². The van der Waals surface area contributed by atoms with Crippen LogP contribution in [0.3, 0.4) is 0 Å². The normalized spacial score (nSPS) is 8.12. The van der Waals surface area contributed by atoms with Crippen LogP contribution in [0.2, 0.25) is 0 Å². The Bertz CT molecular complexity index is 336. The van der Waals surface area contributed by atoms with Gasteiger partial charge in [0.2, 0.25) is 0 Å². The van der Waals surface area contributed by atoms with Gasteiger partial charge in [0.1, 0.15) is 0 Å². The largest absolute Gasteiger partial charge is 2.00 e. The summed E-state index contributed by atoms with van der Waals surface area (Å²) in [6.07, 6.45) is 0. The van der Waals surface area contributed by atoms with E-state index in [1.807, 2.05) is 48.5 Å². The number of benzene rings is 2. The van der Waals surface area contributed by atoms with E-state index in [-0.39, 0.29) is 19.5 Å². The molecule has 0 saturated heterocycles. The van der Waals surface area contributed by atoms with Gasteiger partial charge in [-0.05, 0) is 0 Å². The average Bonchev–Trinajstić information content (AvgIpc) is 2.41. The van der Waals surface area contributed by atoms with Gasteiger partial charge in [-0.15, -0.1) is 24.3 Å². The molecular formula is C14H14O2Zn. The fourth-order valence-electron chi connectivity index (χ4n) is 1.02. The van der Waals surface area contributed by atoms with Crippen molar-refractivity contribution in [2.45, 2.75) is 0 Å². The molecule has 0 unspecified atom stereocenters. The molecule has 0 saturated carbocycles. The standard InChI is InChI=1S/2C7H7O.Zn/c2*1-8-7-5-3-2-4-6-7;/h2*3-6H,1H3;/q2*-1;+2. The maximum Gasteiger partial charge on any atom is 2.00 e. The molecule has 0 spiro atoms. The summed E-state index contributed by atoms with van der Waals surface area (Å²) in [5.74, 6) is 1.76. The summed E-state index contributed by atoms with van der Waals surface area (Å²) in [5.41, 5.74) is 0. The van der Waals surface area contributed by atoms with Gasteiger partial charge in [0, 0.05) is 11.5 Å². The minimum Gasteiger partial charge on any atom is -0.522 e. The summed E-state index contributed by atoms with van der Waals surface area (Å²) in [6, 6.07) is 20.5. The summed E-state index contributed by atoms with van der Waals surface area (Å²) in [6.45, 7) is 0. The van der Waals surface area contributed by atoms with Crippen LogP contribution in [0, 0.1) is 12.1 Å². The summed E-state index contributed by atoms with van der Waals surface area (Å²) >= 11 is 0. The molecule has 0 aromatic heterocycles. The van der Waals surface area contributed by atoms with Crippen molar-refractivity contribution in [3.8, 4) is 11.5 Å². The molecule has 2 rings (SSSR count). The Morgan fingerprint density at radius 2 is 1.00 bits per heavy atom. The van der Waals surface area contributed by atoms with Gasteiger partial charge in [-0.2, -0.15) is 36.4 Å². The van der Waals surface area contributed by atoms with Crippen LogP contribution in [0.5, 0.6) is 11.5 Å². The molecule has 0 aliphatic rings. The van der Waals surface area contributed by atoms with Gasteiger partial charge in [-0.25, -0.2) is 0 Å². The molecule has 0 fully saturated rings. The van der Waals surface area contributed by atoms with Crippen molar-refractivity contribution in [3.63, 3.8) is 0 Å². The van der Waals surface area contributed by atoms with E-state index in [2.05, 4.69) is 12.1 Å². The number of hydrogen-bond acceptors (Lipinski definition) is 2. The molecule has 0 amide bonds. The Kier molecular flexibility index (Phi) is 9.08. The van der Waals surface area contributed by atoms with Gasteiger partial charge in [0.25, 0.3) is 0 Å². The van der Waals surface area contributed by atoms with Crippen LogP contribution in [0.4, 0.5) is 0 Å². The van der Waals surface area contributed by atoms with Crippen molar-refractivity contribution < 1.29 is 29.0 Å². The number of hydrogen-bond donors (Lipinski definition) is 0. The molecule has 0 atom stereocenters. The second-order valence-corrected chi connectivity index (χ2v) is 2.88. The van der Waals surface area contributed by atoms with Crippen molar-refractivity contribution in [2.24, 2.45) is 0 Å². The summed E-state index contributed by atoms with van der Waals surface area (Å²) < 4.78 is 9.79. The van der Waals surface area contributed by atoms with E-state index in [1.165, 1.54) is 0 Å². The van der Waals surface area contributed by atoms with E-state index >= 15 is 0 Å². The zero-order valence-corrected chi connectivity index (χ0v) is 13.1. The molecule has 2 aromatic rings. The fourth-order valence-corrected chi connectivity index (χ4v) is 1.02. The first-order chi connectivity index (χ1) is 7.86. The van der Waals surface area contributed by atoms with Crippen LogP contribution in [0.25, 0.3) is 0 Å². The van der Waals surface area contributed by atoms with Crippen LogP contribution in [0.1, 0.15) is 0 Å². The third-order valence-corrected chi connectivity index (χ3v) is 1.85. The first-order valence-corrected chi connectivity index (χ1v) is 4.87. The molecule has 0 aliphatic carbocycles. The predicted octanol–water partition coefficient (Wildman–Crippen LogP) is 2.99. The summed E-state index contributed by atoms with van der Waals surface area (Å²) in [4.78, 5) is 0. The number of methoxy groups -OCH3 is 2. The third-order valence-electron chi connectivity index (χ3n) is 1.85. The van der Waals surface area contributed by atoms with E-state index in [1.54, 1.807) is 14.2 Å². The molecule has 84 valence electrons. The van der Waals surface area contributed by atoms with Crippen molar-refractivity contribution in [2.75, 3.05) is 14.2 Å². The zero-order valence-electron chi connectivity index (χ0n) is 10.1. The third kappa shape index (κ3) is 6.75. The van der Waals surface area contributed by atoms with Crippen LogP contribution in [-0.2, 0) is 19.5 Å². The Morgan fingerprint density at radius 1 is 0.706 bits per heavy atom. The molecule has 17 heavy (non-hydrogen) atoms. The van der Waals surface area contributed by atoms with E-state index in [0.717, 1.165) is 11.5 Å². The van der Waals surface area contributed by atoms with Gasteiger partial charge >= 0.3 is 19.5 Å². The van der Waals surface area contributed by atoms with Crippen molar-refractivity contribution in [3.05, 3.63) is 60.7 Å². The Morgan fingerprint density at radius 3 is 1.18 bits per heavy atom. The fraction of sp³-hybridized carbons (Fsp3) is 0.143. The van der Waals surface area contributed by atoms with E-state index < -0.39 is 0 Å². The molecule has 0 bridgehead atoms. The van der Waals surface area contributed by atoms with E-state index in [9.17, 15) is 0 Å². The van der Waals surface area contributed by atoms with Gasteiger partial charge in [-0.1, -0.05) is 0 Å². The monoisotopic (exact) mass is 278 g/mol. The van der Waals surface area contributed by atoms with E-state index in [0.29, 0.717) is 0 Å². The summed E-state index contributed by atoms with van der Waals surface area (Å²) in [5, 5.41) is 0. The van der Waals surface area contributed by atoms with Crippen LogP contribution >= 0.6 is 0 Å². The molecule has 0 radical (unpaired) electrons. The molecule has 2 nitrogen and oxygen atoms in total. The number of ether oxygens (including phenoxy) is 2. The molecule has 0 aliphatic heterocycles. The average molecular weight is 280 g/mol. The number of rotatable bonds is 2. The SMILES string of the molecule is COc1cc[c-]cc1.COc1cc[c-]cc1.[Zn+2]. The van der Waals surface area contributed by atoms with Crippen LogP contribution in [0.15, 0.2) is 48.5 Å². The topological polar surface area (TPSA) is 18.5 Å². The van der Waals surface area contributed by atoms with Gasteiger partial charge in [0.05, 0.1) is 14.2 Å². The predicted molar refractivity (Wildman–Crippen MR) is 63.7 cm³/mol. The molecule has 2 aromatic carbocycles. The van der Waals surface area contributed by atoms with Crippen LogP contribution < -0.4 is 9.47 Å². The van der Waals surface area contributed by atoms with Crippen molar-refractivity contribution in [1.82, 2.24) is 0 Å². The first-order valence-electron chi connectivity index (χ1n) is 4.87. The Balaban J connectivity index is 0.000000284. The minimum atomic E-state index is 0. The summed E-state index contributed by atoms with van der Waals surface area (Å²) in [7, 11) is 3.30. The molecule has 0 N–H and O–H groups in total. The maximum absolute atomic E-state index is 4.89. The zero-order chi connectivity index (χ0) is 11.6. The second-order valence-electron chi connectivity index (χ2n) is 2.88. The first kappa shape index (κ1) is 15.7. The maximum atomic E-state index is 4.89. The quantitative estimate of drug-likeness (QED) is 0.621. The Hall–Kier alpha value is -1.34. The van der Waals surface area contributed by atoms with Gasteiger partial charge < -0.3 is 9.47 Å². The van der Waals surface area contributed by atoms with Gasteiger partial charge in [-0.3, -0.25) is 0 Å². The van der Waals surface area contributed by atoms with Crippen molar-refractivity contribution >= 4 is 0 Å². The molecule has 3 heteroatoms. The molecular weight excluding hydrogens is 266 g/mol. The molecule has 0 heterocycles.